The number of carbonyl (C=O) groups is 2. The van der Waals surface area contributed by atoms with Crippen LogP contribution in [0, 0.1) is 18.7 Å². The highest BCUT2D eigenvalue weighted by Crippen LogP contribution is 2.27. The topological polar surface area (TPSA) is 49.4 Å². The lowest BCUT2D eigenvalue weighted by Crippen LogP contribution is -2.28. The average Bonchev–Trinajstić information content (AvgIpc) is 2.94. The van der Waals surface area contributed by atoms with Crippen LogP contribution in [-0.4, -0.2) is 18.4 Å². The van der Waals surface area contributed by atoms with E-state index in [0.717, 1.165) is 10.2 Å². The molecule has 124 valence electrons. The Morgan fingerprint density at radius 2 is 1.96 bits per heavy atom. The highest BCUT2D eigenvalue weighted by molar-refractivity contribution is 9.10. The second-order valence-electron chi connectivity index (χ2n) is 5.84. The van der Waals surface area contributed by atoms with Crippen molar-refractivity contribution in [3.8, 4) is 0 Å². The SMILES string of the molecule is Cc1ccc(NC(=O)[C@H]2CC(=O)N(c3ccc(Br)cc3)C2)cc1F. The zero-order valence-corrected chi connectivity index (χ0v) is 14.6. The monoisotopic (exact) mass is 390 g/mol. The average molecular weight is 391 g/mol. The molecule has 2 amide bonds. The maximum absolute atomic E-state index is 13.6. The van der Waals surface area contributed by atoms with E-state index in [-0.39, 0.29) is 24.1 Å². The maximum Gasteiger partial charge on any atom is 0.229 e. The van der Waals surface area contributed by atoms with E-state index in [4.69, 9.17) is 0 Å². The molecule has 0 saturated carbocycles. The molecule has 3 rings (SSSR count). The number of benzene rings is 2. The first-order valence-corrected chi connectivity index (χ1v) is 8.36. The summed E-state index contributed by atoms with van der Waals surface area (Å²) in [4.78, 5) is 26.2. The van der Waals surface area contributed by atoms with Crippen molar-refractivity contribution < 1.29 is 14.0 Å². The van der Waals surface area contributed by atoms with Crippen molar-refractivity contribution in [1.82, 2.24) is 0 Å². The number of hydrogen-bond acceptors (Lipinski definition) is 2. The standard InChI is InChI=1S/C18H16BrFN2O2/c1-11-2-5-14(9-16(11)20)21-18(24)12-8-17(23)22(10-12)15-6-3-13(19)4-7-15/h2-7,9,12H,8,10H2,1H3,(H,21,24)/t12-/m0/s1. The number of halogens is 2. The van der Waals surface area contributed by atoms with Crippen molar-refractivity contribution >= 4 is 39.1 Å². The Hall–Kier alpha value is -2.21. The molecule has 6 heteroatoms. The van der Waals surface area contributed by atoms with E-state index in [9.17, 15) is 14.0 Å². The van der Waals surface area contributed by atoms with E-state index in [1.54, 1.807) is 24.0 Å². The van der Waals surface area contributed by atoms with Gasteiger partial charge in [0.15, 0.2) is 0 Å². The van der Waals surface area contributed by atoms with Crippen LogP contribution in [0.15, 0.2) is 46.9 Å². The first-order chi connectivity index (χ1) is 11.4. The van der Waals surface area contributed by atoms with Crippen molar-refractivity contribution in [1.29, 1.82) is 0 Å². The minimum absolute atomic E-state index is 0.0902. The molecule has 1 aliphatic heterocycles. The zero-order chi connectivity index (χ0) is 17.3. The molecule has 1 saturated heterocycles. The number of rotatable bonds is 3. The molecular formula is C18H16BrFN2O2. The van der Waals surface area contributed by atoms with Crippen LogP contribution < -0.4 is 10.2 Å². The Bertz CT molecular complexity index is 792. The summed E-state index contributed by atoms with van der Waals surface area (Å²) in [6.07, 6.45) is 0.149. The van der Waals surface area contributed by atoms with Crippen molar-refractivity contribution in [3.63, 3.8) is 0 Å². The van der Waals surface area contributed by atoms with Crippen molar-refractivity contribution in [2.75, 3.05) is 16.8 Å². The molecule has 2 aromatic rings. The van der Waals surface area contributed by atoms with Crippen molar-refractivity contribution in [2.45, 2.75) is 13.3 Å². The smallest absolute Gasteiger partial charge is 0.229 e. The molecule has 1 fully saturated rings. The quantitative estimate of drug-likeness (QED) is 0.863. The largest absolute Gasteiger partial charge is 0.326 e. The Labute approximate surface area is 147 Å². The Balaban J connectivity index is 1.69. The molecule has 0 bridgehead atoms. The molecule has 0 aliphatic carbocycles. The van der Waals surface area contributed by atoms with Crippen LogP contribution in [0.3, 0.4) is 0 Å². The number of hydrogen-bond donors (Lipinski definition) is 1. The minimum Gasteiger partial charge on any atom is -0.326 e. The molecule has 0 aromatic heterocycles. The third-order valence-electron chi connectivity index (χ3n) is 4.07. The van der Waals surface area contributed by atoms with Crippen LogP contribution in [0.1, 0.15) is 12.0 Å². The summed E-state index contributed by atoms with van der Waals surface area (Å²) in [5.74, 6) is -1.18. The predicted octanol–water partition coefficient (Wildman–Crippen LogP) is 3.89. The Kier molecular flexibility index (Phi) is 4.66. The molecule has 2 aromatic carbocycles. The number of carbonyl (C=O) groups excluding carboxylic acids is 2. The van der Waals surface area contributed by atoms with Gasteiger partial charge in [-0.1, -0.05) is 22.0 Å². The molecule has 0 spiro atoms. The third kappa shape index (κ3) is 3.48. The van der Waals surface area contributed by atoms with Gasteiger partial charge in [0.1, 0.15) is 5.82 Å². The van der Waals surface area contributed by atoms with E-state index >= 15 is 0 Å². The van der Waals surface area contributed by atoms with Crippen molar-refractivity contribution in [3.05, 3.63) is 58.3 Å². The van der Waals surface area contributed by atoms with E-state index in [2.05, 4.69) is 21.2 Å². The number of nitrogens with zero attached hydrogens (tertiary/aromatic N) is 1. The number of anilines is 2. The third-order valence-corrected chi connectivity index (χ3v) is 4.60. The van der Waals surface area contributed by atoms with Crippen LogP contribution in [-0.2, 0) is 9.59 Å². The van der Waals surface area contributed by atoms with Gasteiger partial charge in [-0.3, -0.25) is 9.59 Å². The van der Waals surface area contributed by atoms with Gasteiger partial charge in [0, 0.05) is 28.8 Å². The molecule has 1 aliphatic rings. The zero-order valence-electron chi connectivity index (χ0n) is 13.1. The van der Waals surface area contributed by atoms with Gasteiger partial charge < -0.3 is 10.2 Å². The van der Waals surface area contributed by atoms with Gasteiger partial charge in [-0.2, -0.15) is 0 Å². The second kappa shape index (κ2) is 6.73. The Morgan fingerprint density at radius 3 is 2.62 bits per heavy atom. The summed E-state index contributed by atoms with van der Waals surface area (Å²) in [5.41, 5.74) is 1.68. The maximum atomic E-state index is 13.6. The summed E-state index contributed by atoms with van der Waals surface area (Å²) in [5, 5.41) is 2.69. The van der Waals surface area contributed by atoms with E-state index in [1.165, 1.54) is 6.07 Å². The van der Waals surface area contributed by atoms with Gasteiger partial charge in [0.05, 0.1) is 5.92 Å². The van der Waals surface area contributed by atoms with Gasteiger partial charge in [-0.25, -0.2) is 4.39 Å². The molecule has 1 atom stereocenters. The van der Waals surface area contributed by atoms with Crippen LogP contribution in [0.2, 0.25) is 0 Å². The summed E-state index contributed by atoms with van der Waals surface area (Å²) < 4.78 is 14.5. The van der Waals surface area contributed by atoms with Gasteiger partial charge in [0.25, 0.3) is 0 Å². The fourth-order valence-corrected chi connectivity index (χ4v) is 2.93. The lowest BCUT2D eigenvalue weighted by Gasteiger charge is -2.17. The van der Waals surface area contributed by atoms with Crippen LogP contribution in [0.4, 0.5) is 15.8 Å². The van der Waals surface area contributed by atoms with Crippen LogP contribution in [0.25, 0.3) is 0 Å². The first kappa shape index (κ1) is 16.6. The Morgan fingerprint density at radius 1 is 1.25 bits per heavy atom. The van der Waals surface area contributed by atoms with E-state index < -0.39 is 5.92 Å². The molecule has 1 heterocycles. The second-order valence-corrected chi connectivity index (χ2v) is 6.75. The highest BCUT2D eigenvalue weighted by Gasteiger charge is 2.35. The van der Waals surface area contributed by atoms with E-state index in [0.29, 0.717) is 17.8 Å². The van der Waals surface area contributed by atoms with Gasteiger partial charge in [0.2, 0.25) is 11.8 Å². The lowest BCUT2D eigenvalue weighted by molar-refractivity contribution is -0.122. The fraction of sp³-hybridized carbons (Fsp3) is 0.222. The highest BCUT2D eigenvalue weighted by atomic mass is 79.9. The van der Waals surface area contributed by atoms with Gasteiger partial charge in [-0.05, 0) is 48.9 Å². The number of aryl methyl sites for hydroxylation is 1. The van der Waals surface area contributed by atoms with Crippen LogP contribution >= 0.6 is 15.9 Å². The van der Waals surface area contributed by atoms with Crippen LogP contribution in [0.5, 0.6) is 0 Å². The molecule has 0 unspecified atom stereocenters. The van der Waals surface area contributed by atoms with E-state index in [1.807, 2.05) is 24.3 Å². The predicted molar refractivity (Wildman–Crippen MR) is 94.4 cm³/mol. The number of nitrogens with one attached hydrogen (secondary N) is 1. The fourth-order valence-electron chi connectivity index (χ4n) is 2.67. The summed E-state index contributed by atoms with van der Waals surface area (Å²) in [6, 6.07) is 11.9. The summed E-state index contributed by atoms with van der Waals surface area (Å²) >= 11 is 3.35. The molecule has 0 radical (unpaired) electrons. The number of amides is 2. The normalized spacial score (nSPS) is 17.2. The molecule has 24 heavy (non-hydrogen) atoms. The lowest BCUT2D eigenvalue weighted by atomic mass is 10.1. The minimum atomic E-state index is -0.453. The summed E-state index contributed by atoms with van der Waals surface area (Å²) in [6.45, 7) is 1.98. The summed E-state index contributed by atoms with van der Waals surface area (Å²) in [7, 11) is 0. The van der Waals surface area contributed by atoms with Crippen molar-refractivity contribution in [2.24, 2.45) is 5.92 Å². The van der Waals surface area contributed by atoms with Gasteiger partial charge >= 0.3 is 0 Å². The van der Waals surface area contributed by atoms with Gasteiger partial charge in [-0.15, -0.1) is 0 Å². The molecule has 1 N–H and O–H groups in total. The molecular weight excluding hydrogens is 375 g/mol. The first-order valence-electron chi connectivity index (χ1n) is 7.57. The molecule has 4 nitrogen and oxygen atoms in total.